The van der Waals surface area contributed by atoms with Crippen molar-refractivity contribution in [3.05, 3.63) is 35.9 Å². The van der Waals surface area contributed by atoms with E-state index >= 15 is 0 Å². The molecule has 11 heteroatoms. The van der Waals surface area contributed by atoms with E-state index in [1.807, 2.05) is 30.3 Å². The average Bonchev–Trinajstić information content (AvgIpc) is 3.42. The van der Waals surface area contributed by atoms with Crippen LogP contribution in [0.4, 0.5) is 0 Å². The molecular weight excluding hydrogens is 528 g/mol. The number of Topliss-reactive ketones (excluding diaryl/α,β-unsaturated/α-hetero) is 1. The number of rotatable bonds is 11. The Morgan fingerprint density at radius 2 is 1.66 bits per heavy atom. The van der Waals surface area contributed by atoms with Crippen molar-refractivity contribution >= 4 is 35.4 Å². The summed E-state index contributed by atoms with van der Waals surface area (Å²) in [6, 6.07) is 6.54. The van der Waals surface area contributed by atoms with Gasteiger partial charge < -0.3 is 25.6 Å². The minimum atomic E-state index is -1.39. The van der Waals surface area contributed by atoms with Crippen LogP contribution < -0.4 is 16.0 Å². The Morgan fingerprint density at radius 3 is 2.37 bits per heavy atom. The number of esters is 1. The van der Waals surface area contributed by atoms with Crippen molar-refractivity contribution in [3.8, 4) is 0 Å². The van der Waals surface area contributed by atoms with Gasteiger partial charge in [0.1, 0.15) is 29.4 Å². The van der Waals surface area contributed by atoms with Crippen molar-refractivity contribution in [1.82, 2.24) is 20.9 Å². The van der Waals surface area contributed by atoms with Crippen molar-refractivity contribution in [3.63, 3.8) is 0 Å². The number of fused-ring (bicyclic) bond motifs is 1. The zero-order chi connectivity index (χ0) is 30.0. The fourth-order valence-electron chi connectivity index (χ4n) is 5.14. The Kier molecular flexibility index (Phi) is 11.4. The third-order valence-corrected chi connectivity index (χ3v) is 7.46. The third-order valence-electron chi connectivity index (χ3n) is 7.46. The van der Waals surface area contributed by atoms with E-state index in [4.69, 9.17) is 4.74 Å². The summed E-state index contributed by atoms with van der Waals surface area (Å²) in [5.41, 5.74) is -0.540. The number of ketones is 1. The Labute approximate surface area is 241 Å². The summed E-state index contributed by atoms with van der Waals surface area (Å²) in [4.78, 5) is 79.2. The Hall–Kier alpha value is -3.76. The highest BCUT2D eigenvalue weighted by Gasteiger charge is 2.42. The lowest BCUT2D eigenvalue weighted by atomic mass is 9.98. The maximum atomic E-state index is 13.7. The Balaban J connectivity index is 1.72. The molecule has 0 spiro atoms. The van der Waals surface area contributed by atoms with E-state index in [-0.39, 0.29) is 49.8 Å². The molecule has 11 nitrogen and oxygen atoms in total. The molecule has 2 saturated heterocycles. The summed E-state index contributed by atoms with van der Waals surface area (Å²) >= 11 is 0. The topological polar surface area (TPSA) is 151 Å². The second-order valence-corrected chi connectivity index (χ2v) is 11.2. The molecule has 3 atom stereocenters. The van der Waals surface area contributed by atoms with Crippen LogP contribution in [-0.4, -0.2) is 77.1 Å². The zero-order valence-electron chi connectivity index (χ0n) is 24.2. The molecule has 0 radical (unpaired) electrons. The SMILES string of the molecule is CCOC(=O)CCCCC(=O)CCC1NC(=O)C2CCCN2C(=O)C(Cc2ccccc2)NC(=O)C(C)(C)NC1=O. The summed E-state index contributed by atoms with van der Waals surface area (Å²) < 4.78 is 4.89. The predicted octanol–water partition coefficient (Wildman–Crippen LogP) is 1.57. The first-order valence-electron chi connectivity index (χ1n) is 14.5. The molecule has 2 aliphatic rings. The summed E-state index contributed by atoms with van der Waals surface area (Å²) in [7, 11) is 0. The van der Waals surface area contributed by atoms with E-state index in [1.54, 1.807) is 6.92 Å². The maximum absolute atomic E-state index is 13.7. The molecule has 1 aromatic carbocycles. The van der Waals surface area contributed by atoms with Crippen LogP contribution in [0.2, 0.25) is 0 Å². The van der Waals surface area contributed by atoms with Crippen LogP contribution in [0, 0.1) is 0 Å². The number of hydrogen-bond acceptors (Lipinski definition) is 7. The second-order valence-electron chi connectivity index (χ2n) is 11.2. The molecule has 3 rings (SSSR count). The summed E-state index contributed by atoms with van der Waals surface area (Å²) in [6.45, 7) is 5.47. The molecule has 2 heterocycles. The van der Waals surface area contributed by atoms with Gasteiger partial charge in [0.15, 0.2) is 0 Å². The van der Waals surface area contributed by atoms with Crippen LogP contribution in [0.5, 0.6) is 0 Å². The molecule has 41 heavy (non-hydrogen) atoms. The molecule has 4 amide bonds. The lowest BCUT2D eigenvalue weighted by molar-refractivity contribution is -0.144. The van der Waals surface area contributed by atoms with Crippen LogP contribution in [0.25, 0.3) is 0 Å². The number of unbranched alkanes of at least 4 members (excludes halogenated alkanes) is 1. The van der Waals surface area contributed by atoms with E-state index in [0.717, 1.165) is 5.56 Å². The van der Waals surface area contributed by atoms with Crippen molar-refractivity contribution in [1.29, 1.82) is 0 Å². The highest BCUT2D eigenvalue weighted by atomic mass is 16.5. The Bertz CT molecular complexity index is 1120. The van der Waals surface area contributed by atoms with Crippen LogP contribution >= 0.6 is 0 Å². The van der Waals surface area contributed by atoms with Gasteiger partial charge in [-0.05, 0) is 58.4 Å². The number of ether oxygens (including phenoxy) is 1. The molecule has 0 saturated carbocycles. The first-order chi connectivity index (χ1) is 19.5. The quantitative estimate of drug-likeness (QED) is 0.270. The molecule has 0 aliphatic carbocycles. The summed E-state index contributed by atoms with van der Waals surface area (Å²) in [6.07, 6.45) is 2.88. The van der Waals surface area contributed by atoms with Gasteiger partial charge in [-0.1, -0.05) is 30.3 Å². The molecular formula is C30H42N4O7. The molecule has 2 fully saturated rings. The number of carbonyl (C=O) groups is 6. The molecule has 3 N–H and O–H groups in total. The predicted molar refractivity (Wildman–Crippen MR) is 150 cm³/mol. The zero-order valence-corrected chi connectivity index (χ0v) is 24.2. The summed E-state index contributed by atoms with van der Waals surface area (Å²) in [5, 5.41) is 8.27. The maximum Gasteiger partial charge on any atom is 0.305 e. The Morgan fingerprint density at radius 1 is 0.951 bits per heavy atom. The smallest absolute Gasteiger partial charge is 0.305 e. The van der Waals surface area contributed by atoms with Gasteiger partial charge in [0, 0.05) is 32.2 Å². The molecule has 3 unspecified atom stereocenters. The number of nitrogens with one attached hydrogen (secondary N) is 3. The minimum absolute atomic E-state index is 0.0386. The largest absolute Gasteiger partial charge is 0.466 e. The molecule has 224 valence electrons. The van der Waals surface area contributed by atoms with Crippen LogP contribution in [0.1, 0.15) is 77.7 Å². The van der Waals surface area contributed by atoms with Crippen LogP contribution in [-0.2, 0) is 39.9 Å². The van der Waals surface area contributed by atoms with Crippen molar-refractivity contribution in [2.75, 3.05) is 13.2 Å². The van der Waals surface area contributed by atoms with Gasteiger partial charge in [-0.3, -0.25) is 28.8 Å². The third kappa shape index (κ3) is 9.12. The van der Waals surface area contributed by atoms with E-state index in [1.165, 1.54) is 18.7 Å². The van der Waals surface area contributed by atoms with Crippen LogP contribution in [0.3, 0.4) is 0 Å². The van der Waals surface area contributed by atoms with E-state index in [0.29, 0.717) is 38.8 Å². The second kappa shape index (κ2) is 14.7. The van der Waals surface area contributed by atoms with Gasteiger partial charge >= 0.3 is 5.97 Å². The first kappa shape index (κ1) is 31.8. The van der Waals surface area contributed by atoms with Crippen molar-refractivity contribution < 1.29 is 33.5 Å². The molecule has 0 aromatic heterocycles. The van der Waals surface area contributed by atoms with Gasteiger partial charge in [0.2, 0.25) is 23.6 Å². The lowest BCUT2D eigenvalue weighted by Crippen LogP contribution is -2.64. The van der Waals surface area contributed by atoms with Gasteiger partial charge in [-0.2, -0.15) is 0 Å². The van der Waals surface area contributed by atoms with Gasteiger partial charge in [-0.15, -0.1) is 0 Å². The molecule has 1 aromatic rings. The van der Waals surface area contributed by atoms with Crippen LogP contribution in [0.15, 0.2) is 30.3 Å². The van der Waals surface area contributed by atoms with Crippen molar-refractivity contribution in [2.45, 2.75) is 102 Å². The molecule has 2 aliphatic heterocycles. The normalized spacial score (nSPS) is 22.9. The number of nitrogens with zero attached hydrogens (tertiary/aromatic N) is 1. The standard InChI is InChI=1S/C30H42N4O7/c1-4-41-25(36)15-9-8-13-21(35)16-17-22-26(37)33-30(2,3)29(40)32-23(19-20-11-6-5-7-12-20)28(39)34-18-10-14-24(34)27(38)31-22/h5-7,11-12,22-24H,4,8-10,13-19H2,1-3H3,(H,31,38)(H,32,40)(H,33,37). The average molecular weight is 571 g/mol. The number of amides is 4. The highest BCUT2D eigenvalue weighted by molar-refractivity contribution is 5.99. The number of carbonyl (C=O) groups excluding carboxylic acids is 6. The van der Waals surface area contributed by atoms with E-state index in [2.05, 4.69) is 16.0 Å². The first-order valence-corrected chi connectivity index (χ1v) is 14.5. The summed E-state index contributed by atoms with van der Waals surface area (Å²) in [5.74, 6) is -2.31. The van der Waals surface area contributed by atoms with Gasteiger partial charge in [0.25, 0.3) is 0 Å². The monoisotopic (exact) mass is 570 g/mol. The number of benzene rings is 1. The van der Waals surface area contributed by atoms with Gasteiger partial charge in [-0.25, -0.2) is 0 Å². The fourth-order valence-corrected chi connectivity index (χ4v) is 5.14. The van der Waals surface area contributed by atoms with E-state index < -0.39 is 41.4 Å². The van der Waals surface area contributed by atoms with E-state index in [9.17, 15) is 28.8 Å². The molecule has 0 bridgehead atoms. The highest BCUT2D eigenvalue weighted by Crippen LogP contribution is 2.21. The minimum Gasteiger partial charge on any atom is -0.466 e. The number of hydrogen-bond donors (Lipinski definition) is 3. The lowest BCUT2D eigenvalue weighted by Gasteiger charge is -2.34. The fraction of sp³-hybridized carbons (Fsp3) is 0.600. The van der Waals surface area contributed by atoms with Crippen molar-refractivity contribution in [2.24, 2.45) is 0 Å². The van der Waals surface area contributed by atoms with Gasteiger partial charge in [0.05, 0.1) is 6.61 Å².